The molecule has 0 atom stereocenters. The molecule has 1 heterocycles. The van der Waals surface area contributed by atoms with Gasteiger partial charge in [-0.05, 0) is 48.0 Å². The lowest BCUT2D eigenvalue weighted by atomic mass is 10.1. The molecular formula is C17H15BrN2O. The van der Waals surface area contributed by atoms with Gasteiger partial charge in [-0.1, -0.05) is 34.1 Å². The predicted molar refractivity (Wildman–Crippen MR) is 90.1 cm³/mol. The molecule has 0 saturated heterocycles. The summed E-state index contributed by atoms with van der Waals surface area (Å²) in [5.41, 5.74) is 0. The van der Waals surface area contributed by atoms with Gasteiger partial charge in [-0.25, -0.2) is 0 Å². The molecule has 2 aromatic carbocycles. The van der Waals surface area contributed by atoms with Crippen LogP contribution in [-0.4, -0.2) is 11.5 Å². The second-order valence-corrected chi connectivity index (χ2v) is 5.56. The van der Waals surface area contributed by atoms with Gasteiger partial charge in [0.05, 0.1) is 0 Å². The van der Waals surface area contributed by atoms with E-state index < -0.39 is 0 Å². The van der Waals surface area contributed by atoms with E-state index in [0.29, 0.717) is 5.88 Å². The third-order valence-corrected chi connectivity index (χ3v) is 3.57. The fourth-order valence-corrected chi connectivity index (χ4v) is 2.51. The number of nitrogens with zero attached hydrogens (tertiary/aromatic N) is 1. The number of anilines is 1. The minimum absolute atomic E-state index is 0.588. The molecule has 0 amide bonds. The molecular weight excluding hydrogens is 328 g/mol. The van der Waals surface area contributed by atoms with Crippen molar-refractivity contribution in [1.29, 1.82) is 0 Å². The van der Waals surface area contributed by atoms with Crippen molar-refractivity contribution in [2.24, 2.45) is 0 Å². The quantitative estimate of drug-likeness (QED) is 0.705. The molecule has 106 valence electrons. The summed E-state index contributed by atoms with van der Waals surface area (Å²) in [6.07, 6.45) is 0. The zero-order valence-electron chi connectivity index (χ0n) is 11.6. The molecule has 0 fully saturated rings. The van der Waals surface area contributed by atoms with Crippen molar-refractivity contribution in [2.45, 2.75) is 6.92 Å². The van der Waals surface area contributed by atoms with Crippen molar-refractivity contribution >= 4 is 32.5 Å². The van der Waals surface area contributed by atoms with Gasteiger partial charge in [0, 0.05) is 17.1 Å². The summed E-state index contributed by atoms with van der Waals surface area (Å²) in [6.45, 7) is 2.87. The molecule has 0 unspecified atom stereocenters. The molecule has 0 saturated carbocycles. The van der Waals surface area contributed by atoms with E-state index in [1.54, 1.807) is 0 Å². The first-order valence-corrected chi connectivity index (χ1v) is 7.62. The number of pyridine rings is 1. The summed E-state index contributed by atoms with van der Waals surface area (Å²) in [5, 5.41) is 5.48. The van der Waals surface area contributed by atoms with E-state index in [0.717, 1.165) is 28.0 Å². The average molecular weight is 343 g/mol. The number of aromatic nitrogens is 1. The first-order valence-electron chi connectivity index (χ1n) is 6.83. The lowest BCUT2D eigenvalue weighted by Crippen LogP contribution is -1.99. The molecule has 0 bridgehead atoms. The zero-order valence-corrected chi connectivity index (χ0v) is 13.2. The van der Waals surface area contributed by atoms with Crippen LogP contribution in [-0.2, 0) is 0 Å². The maximum Gasteiger partial charge on any atom is 0.221 e. The first kappa shape index (κ1) is 13.9. The van der Waals surface area contributed by atoms with Crippen LogP contribution in [0.15, 0.2) is 59.1 Å². The van der Waals surface area contributed by atoms with E-state index in [1.807, 2.05) is 49.4 Å². The lowest BCUT2D eigenvalue weighted by molar-refractivity contribution is 0.464. The molecule has 0 aliphatic rings. The smallest absolute Gasteiger partial charge is 0.221 e. The van der Waals surface area contributed by atoms with Crippen LogP contribution in [0.4, 0.5) is 5.82 Å². The Morgan fingerprint density at radius 1 is 1.05 bits per heavy atom. The molecule has 1 aromatic heterocycles. The van der Waals surface area contributed by atoms with Gasteiger partial charge in [-0.2, -0.15) is 4.98 Å². The molecule has 3 rings (SSSR count). The monoisotopic (exact) mass is 342 g/mol. The molecule has 0 aliphatic heterocycles. The average Bonchev–Trinajstić information content (AvgIpc) is 2.48. The first-order chi connectivity index (χ1) is 10.2. The van der Waals surface area contributed by atoms with Crippen LogP contribution in [0.5, 0.6) is 11.6 Å². The van der Waals surface area contributed by atoms with Crippen molar-refractivity contribution in [3.8, 4) is 11.6 Å². The van der Waals surface area contributed by atoms with Crippen LogP contribution in [0.25, 0.3) is 10.8 Å². The van der Waals surface area contributed by atoms with E-state index in [1.165, 1.54) is 5.39 Å². The van der Waals surface area contributed by atoms with Crippen molar-refractivity contribution < 1.29 is 4.74 Å². The number of ether oxygens (including phenoxy) is 1. The maximum atomic E-state index is 5.84. The highest BCUT2D eigenvalue weighted by Crippen LogP contribution is 2.27. The largest absolute Gasteiger partial charge is 0.439 e. The maximum absolute atomic E-state index is 5.84. The van der Waals surface area contributed by atoms with Crippen molar-refractivity contribution in [3.05, 3.63) is 59.1 Å². The molecule has 3 nitrogen and oxygen atoms in total. The molecule has 4 heteroatoms. The van der Waals surface area contributed by atoms with Gasteiger partial charge in [-0.3, -0.25) is 0 Å². The predicted octanol–water partition coefficient (Wildman–Crippen LogP) is 5.22. The molecule has 21 heavy (non-hydrogen) atoms. The van der Waals surface area contributed by atoms with Gasteiger partial charge in [0.2, 0.25) is 5.88 Å². The number of fused-ring (bicyclic) bond motifs is 1. The Hall–Kier alpha value is -2.07. The van der Waals surface area contributed by atoms with E-state index in [-0.39, 0.29) is 0 Å². The minimum atomic E-state index is 0.588. The molecule has 0 aliphatic carbocycles. The summed E-state index contributed by atoms with van der Waals surface area (Å²) in [5.74, 6) is 2.19. The van der Waals surface area contributed by atoms with Crippen molar-refractivity contribution in [1.82, 2.24) is 4.98 Å². The Labute approximate surface area is 132 Å². The number of rotatable bonds is 4. The number of hydrogen-bond donors (Lipinski definition) is 1. The Morgan fingerprint density at radius 3 is 2.71 bits per heavy atom. The molecule has 0 spiro atoms. The SMILES string of the molecule is CCNc1cccc(Oc2ccc3cc(Br)ccc3c2)n1. The van der Waals surface area contributed by atoms with Crippen LogP contribution in [0.2, 0.25) is 0 Å². The summed E-state index contributed by atoms with van der Waals surface area (Å²) in [7, 11) is 0. The summed E-state index contributed by atoms with van der Waals surface area (Å²) in [6, 6.07) is 17.9. The fraction of sp³-hybridized carbons (Fsp3) is 0.118. The van der Waals surface area contributed by atoms with Gasteiger partial charge in [0.25, 0.3) is 0 Å². The second-order valence-electron chi connectivity index (χ2n) is 4.65. The summed E-state index contributed by atoms with van der Waals surface area (Å²) in [4.78, 5) is 4.41. The molecule has 3 aromatic rings. The van der Waals surface area contributed by atoms with E-state index in [2.05, 4.69) is 38.4 Å². The minimum Gasteiger partial charge on any atom is -0.439 e. The number of hydrogen-bond acceptors (Lipinski definition) is 3. The van der Waals surface area contributed by atoms with E-state index in [9.17, 15) is 0 Å². The highest BCUT2D eigenvalue weighted by atomic mass is 79.9. The van der Waals surface area contributed by atoms with Crippen LogP contribution in [0, 0.1) is 0 Å². The second kappa shape index (κ2) is 6.14. The fourth-order valence-electron chi connectivity index (χ4n) is 2.13. The van der Waals surface area contributed by atoms with Gasteiger partial charge in [-0.15, -0.1) is 0 Å². The standard InChI is InChI=1S/C17H15BrN2O/c1-2-19-16-4-3-5-17(20-16)21-15-9-7-12-10-14(18)8-6-13(12)11-15/h3-11H,2H2,1H3,(H,19,20). The van der Waals surface area contributed by atoms with Crippen LogP contribution in [0.1, 0.15) is 6.92 Å². The summed E-state index contributed by atoms with van der Waals surface area (Å²) < 4.78 is 6.91. The van der Waals surface area contributed by atoms with Crippen LogP contribution in [0.3, 0.4) is 0 Å². The number of nitrogens with one attached hydrogen (secondary N) is 1. The third kappa shape index (κ3) is 3.34. The van der Waals surface area contributed by atoms with Gasteiger partial charge in [0.15, 0.2) is 0 Å². The van der Waals surface area contributed by atoms with Crippen molar-refractivity contribution in [3.63, 3.8) is 0 Å². The molecule has 0 radical (unpaired) electrons. The van der Waals surface area contributed by atoms with Gasteiger partial charge < -0.3 is 10.1 Å². The number of benzene rings is 2. The normalized spacial score (nSPS) is 10.6. The number of halogens is 1. The van der Waals surface area contributed by atoms with Gasteiger partial charge >= 0.3 is 0 Å². The van der Waals surface area contributed by atoms with E-state index in [4.69, 9.17) is 4.74 Å². The Morgan fingerprint density at radius 2 is 1.86 bits per heavy atom. The Kier molecular flexibility index (Phi) is 4.06. The highest BCUT2D eigenvalue weighted by molar-refractivity contribution is 9.10. The van der Waals surface area contributed by atoms with Crippen LogP contribution < -0.4 is 10.1 Å². The Balaban J connectivity index is 1.87. The third-order valence-electron chi connectivity index (χ3n) is 3.08. The van der Waals surface area contributed by atoms with E-state index >= 15 is 0 Å². The highest BCUT2D eigenvalue weighted by Gasteiger charge is 2.02. The van der Waals surface area contributed by atoms with Gasteiger partial charge in [0.1, 0.15) is 11.6 Å². The topological polar surface area (TPSA) is 34.1 Å². The lowest BCUT2D eigenvalue weighted by Gasteiger charge is -2.08. The Bertz CT molecular complexity index is 774. The summed E-state index contributed by atoms with van der Waals surface area (Å²) >= 11 is 3.48. The van der Waals surface area contributed by atoms with Crippen molar-refractivity contribution in [2.75, 3.05) is 11.9 Å². The zero-order chi connectivity index (χ0) is 14.7. The van der Waals surface area contributed by atoms with Crippen LogP contribution >= 0.6 is 15.9 Å². The molecule has 1 N–H and O–H groups in total.